The molecule has 0 radical (unpaired) electrons. The molecule has 3 rings (SSSR count). The number of rotatable bonds is 7. The zero-order valence-electron chi connectivity index (χ0n) is 18.3. The molecular weight excluding hydrogens is 434 g/mol. The van der Waals surface area contributed by atoms with E-state index in [2.05, 4.69) is 10.2 Å². The van der Waals surface area contributed by atoms with Crippen molar-refractivity contribution in [3.05, 3.63) is 64.2 Å². The van der Waals surface area contributed by atoms with Crippen molar-refractivity contribution in [2.45, 2.75) is 37.8 Å². The second kappa shape index (κ2) is 10.1. The molecule has 0 bridgehead atoms. The molecule has 1 unspecified atom stereocenters. The minimum Gasteiger partial charge on any atom is -0.348 e. The summed E-state index contributed by atoms with van der Waals surface area (Å²) in [6.45, 7) is 4.11. The Labute approximate surface area is 190 Å². The minimum absolute atomic E-state index is 0.0103. The lowest BCUT2D eigenvalue weighted by molar-refractivity contribution is 0.0950. The van der Waals surface area contributed by atoms with Gasteiger partial charge in [-0.2, -0.15) is 4.31 Å². The summed E-state index contributed by atoms with van der Waals surface area (Å²) in [5.41, 5.74) is 2.43. The van der Waals surface area contributed by atoms with Gasteiger partial charge in [-0.15, -0.1) is 0 Å². The molecule has 0 aromatic heterocycles. The molecule has 0 aliphatic carbocycles. The zero-order chi connectivity index (χ0) is 22.6. The Hall–Kier alpha value is -1.93. The van der Waals surface area contributed by atoms with Crippen molar-refractivity contribution in [2.75, 3.05) is 27.2 Å². The number of halogens is 1. The van der Waals surface area contributed by atoms with Gasteiger partial charge in [0.1, 0.15) is 4.90 Å². The minimum atomic E-state index is -3.75. The molecule has 1 aliphatic rings. The van der Waals surface area contributed by atoms with E-state index in [1.165, 1.54) is 16.4 Å². The van der Waals surface area contributed by atoms with E-state index in [-0.39, 0.29) is 21.4 Å². The topological polar surface area (TPSA) is 69.7 Å². The Bertz CT molecular complexity index is 1040. The van der Waals surface area contributed by atoms with Crippen LogP contribution in [0.25, 0.3) is 0 Å². The highest BCUT2D eigenvalue weighted by Crippen LogP contribution is 2.29. The van der Waals surface area contributed by atoms with Gasteiger partial charge in [-0.1, -0.05) is 42.8 Å². The molecule has 1 N–H and O–H groups in total. The first-order valence-corrected chi connectivity index (χ1v) is 12.3. The Balaban J connectivity index is 1.78. The van der Waals surface area contributed by atoms with Crippen LogP contribution in [0.1, 0.15) is 41.3 Å². The Morgan fingerprint density at radius 1 is 1.19 bits per heavy atom. The quantitative estimate of drug-likeness (QED) is 0.678. The van der Waals surface area contributed by atoms with Crippen LogP contribution in [0.15, 0.2) is 47.4 Å². The first kappa shape index (κ1) is 23.7. The normalized spacial score (nSPS) is 17.6. The molecule has 0 saturated carbocycles. The molecule has 8 heteroatoms. The van der Waals surface area contributed by atoms with Gasteiger partial charge < -0.3 is 10.2 Å². The lowest BCUT2D eigenvalue weighted by Gasteiger charge is -2.30. The average Bonchev–Trinajstić information content (AvgIpc) is 2.72. The van der Waals surface area contributed by atoms with Crippen LogP contribution in [0.4, 0.5) is 0 Å². The van der Waals surface area contributed by atoms with Crippen molar-refractivity contribution in [3.63, 3.8) is 0 Å². The predicted molar refractivity (Wildman–Crippen MR) is 124 cm³/mol. The van der Waals surface area contributed by atoms with Gasteiger partial charge in [0.05, 0.1) is 5.02 Å². The molecular formula is C23H30ClN3O3S. The zero-order valence-corrected chi connectivity index (χ0v) is 19.8. The SMILES string of the molecule is CC1CCCN(S(=O)(=O)c2cc(C(=O)NCc3ccccc3CN(C)C)ccc2Cl)C1. The third-order valence-corrected chi connectivity index (χ3v) is 7.82. The van der Waals surface area contributed by atoms with Crippen LogP contribution in [0, 0.1) is 5.92 Å². The first-order valence-electron chi connectivity index (χ1n) is 10.5. The Morgan fingerprint density at radius 2 is 1.90 bits per heavy atom. The fourth-order valence-electron chi connectivity index (χ4n) is 3.85. The van der Waals surface area contributed by atoms with Crippen LogP contribution in [0.2, 0.25) is 5.02 Å². The highest BCUT2D eigenvalue weighted by molar-refractivity contribution is 7.89. The van der Waals surface area contributed by atoms with E-state index in [1.54, 1.807) is 6.07 Å². The predicted octanol–water partition coefficient (Wildman–Crippen LogP) is 3.75. The molecule has 1 saturated heterocycles. The molecule has 168 valence electrons. The molecule has 31 heavy (non-hydrogen) atoms. The number of hydrogen-bond acceptors (Lipinski definition) is 4. The first-order chi connectivity index (χ1) is 14.7. The second-order valence-corrected chi connectivity index (χ2v) is 10.8. The highest BCUT2D eigenvalue weighted by Gasteiger charge is 2.30. The van der Waals surface area contributed by atoms with E-state index >= 15 is 0 Å². The number of piperidine rings is 1. The number of benzene rings is 2. The standard InChI is InChI=1S/C23H30ClN3O3S/c1-17-7-6-12-27(15-17)31(29,30)22-13-18(10-11-21(22)24)23(28)25-14-19-8-4-5-9-20(19)16-26(2)3/h4-5,8-11,13,17H,6-7,12,14-16H2,1-3H3,(H,25,28). The lowest BCUT2D eigenvalue weighted by atomic mass is 10.0. The maximum Gasteiger partial charge on any atom is 0.251 e. The van der Waals surface area contributed by atoms with Crippen LogP contribution in [0.3, 0.4) is 0 Å². The molecule has 1 atom stereocenters. The summed E-state index contributed by atoms with van der Waals surface area (Å²) in [6, 6.07) is 12.4. The summed E-state index contributed by atoms with van der Waals surface area (Å²) >= 11 is 6.24. The van der Waals surface area contributed by atoms with E-state index in [1.807, 2.05) is 45.3 Å². The van der Waals surface area contributed by atoms with Crippen LogP contribution in [-0.2, 0) is 23.1 Å². The van der Waals surface area contributed by atoms with Crippen molar-refractivity contribution in [2.24, 2.45) is 5.92 Å². The number of sulfonamides is 1. The van der Waals surface area contributed by atoms with E-state index < -0.39 is 10.0 Å². The molecule has 2 aromatic rings. The second-order valence-electron chi connectivity index (χ2n) is 8.44. The molecule has 1 fully saturated rings. The van der Waals surface area contributed by atoms with Crippen molar-refractivity contribution in [1.29, 1.82) is 0 Å². The molecule has 0 spiro atoms. The van der Waals surface area contributed by atoms with Crippen LogP contribution in [0.5, 0.6) is 0 Å². The smallest absolute Gasteiger partial charge is 0.251 e. The summed E-state index contributed by atoms with van der Waals surface area (Å²) in [4.78, 5) is 14.9. The van der Waals surface area contributed by atoms with Gasteiger partial charge in [-0.25, -0.2) is 8.42 Å². The Morgan fingerprint density at radius 3 is 2.58 bits per heavy atom. The van der Waals surface area contributed by atoms with Crippen molar-refractivity contribution in [3.8, 4) is 0 Å². The van der Waals surface area contributed by atoms with Gasteiger partial charge in [0.15, 0.2) is 0 Å². The van der Waals surface area contributed by atoms with Gasteiger partial charge in [0, 0.05) is 31.7 Å². The average molecular weight is 464 g/mol. The summed E-state index contributed by atoms with van der Waals surface area (Å²) in [6.07, 6.45) is 1.84. The summed E-state index contributed by atoms with van der Waals surface area (Å²) in [5.74, 6) is -0.0317. The highest BCUT2D eigenvalue weighted by atomic mass is 35.5. The van der Waals surface area contributed by atoms with Crippen LogP contribution < -0.4 is 5.32 Å². The molecule has 1 heterocycles. The van der Waals surface area contributed by atoms with Gasteiger partial charge >= 0.3 is 0 Å². The lowest BCUT2D eigenvalue weighted by Crippen LogP contribution is -2.39. The molecule has 1 amide bonds. The molecule has 6 nitrogen and oxygen atoms in total. The summed E-state index contributed by atoms with van der Waals surface area (Å²) < 4.78 is 27.8. The number of hydrogen-bond donors (Lipinski definition) is 1. The fourth-order valence-corrected chi connectivity index (χ4v) is 5.95. The molecule has 1 aliphatic heterocycles. The number of nitrogens with zero attached hydrogens (tertiary/aromatic N) is 2. The van der Waals surface area contributed by atoms with Crippen LogP contribution in [-0.4, -0.2) is 50.7 Å². The van der Waals surface area contributed by atoms with Crippen molar-refractivity contribution < 1.29 is 13.2 Å². The van der Waals surface area contributed by atoms with E-state index in [4.69, 9.17) is 11.6 Å². The maximum atomic E-state index is 13.2. The van der Waals surface area contributed by atoms with Gasteiger partial charge in [0.25, 0.3) is 5.91 Å². The summed E-state index contributed by atoms with van der Waals surface area (Å²) in [7, 11) is 0.235. The van der Waals surface area contributed by atoms with Gasteiger partial charge in [0.2, 0.25) is 10.0 Å². The van der Waals surface area contributed by atoms with E-state index in [0.717, 1.165) is 30.5 Å². The van der Waals surface area contributed by atoms with E-state index in [9.17, 15) is 13.2 Å². The van der Waals surface area contributed by atoms with Crippen LogP contribution >= 0.6 is 11.6 Å². The summed E-state index contributed by atoms with van der Waals surface area (Å²) in [5, 5.41) is 3.04. The number of carbonyl (C=O) groups is 1. The fraction of sp³-hybridized carbons (Fsp3) is 0.435. The third-order valence-electron chi connectivity index (χ3n) is 5.48. The number of carbonyl (C=O) groups excluding carboxylic acids is 1. The monoisotopic (exact) mass is 463 g/mol. The van der Waals surface area contributed by atoms with Gasteiger partial charge in [-0.3, -0.25) is 4.79 Å². The van der Waals surface area contributed by atoms with Gasteiger partial charge in [-0.05, 0) is 62.2 Å². The third kappa shape index (κ3) is 5.86. The van der Waals surface area contributed by atoms with E-state index in [0.29, 0.717) is 25.6 Å². The number of amides is 1. The van der Waals surface area contributed by atoms with Crippen molar-refractivity contribution in [1.82, 2.24) is 14.5 Å². The maximum absolute atomic E-state index is 13.2. The molecule has 2 aromatic carbocycles. The van der Waals surface area contributed by atoms with Crippen molar-refractivity contribution >= 4 is 27.5 Å². The largest absolute Gasteiger partial charge is 0.348 e. The Kier molecular flexibility index (Phi) is 7.75. The number of nitrogens with one attached hydrogen (secondary N) is 1.